The van der Waals surface area contributed by atoms with Gasteiger partial charge in [-0.05, 0) is 68.6 Å². The van der Waals surface area contributed by atoms with Crippen LogP contribution in [-0.4, -0.2) is 66.2 Å². The van der Waals surface area contributed by atoms with E-state index >= 15 is 0 Å². The van der Waals surface area contributed by atoms with E-state index in [1.807, 2.05) is 17.0 Å². The first-order valence-electron chi connectivity index (χ1n) is 11.5. The van der Waals surface area contributed by atoms with E-state index in [0.717, 1.165) is 37.3 Å². The second-order valence-corrected chi connectivity index (χ2v) is 8.45. The molecule has 3 heterocycles. The molecule has 1 atom stereocenters. The first kappa shape index (κ1) is 21.8. The molecule has 2 aliphatic heterocycles. The largest absolute Gasteiger partial charge is 0.492 e. The van der Waals surface area contributed by atoms with Gasteiger partial charge in [-0.25, -0.2) is 0 Å². The van der Waals surface area contributed by atoms with E-state index in [0.29, 0.717) is 25.3 Å². The molecule has 6 heteroatoms. The van der Waals surface area contributed by atoms with Gasteiger partial charge in [-0.1, -0.05) is 18.6 Å². The number of nitrogens with zero attached hydrogens (tertiary/aromatic N) is 3. The minimum atomic E-state index is 0.0137. The minimum Gasteiger partial charge on any atom is -0.492 e. The summed E-state index contributed by atoms with van der Waals surface area (Å²) in [5.74, 6) is 0.895. The van der Waals surface area contributed by atoms with Crippen LogP contribution in [0.2, 0.25) is 0 Å². The van der Waals surface area contributed by atoms with Gasteiger partial charge in [-0.2, -0.15) is 0 Å². The van der Waals surface area contributed by atoms with Gasteiger partial charge in [0, 0.05) is 44.2 Å². The predicted molar refractivity (Wildman–Crippen MR) is 120 cm³/mol. The normalized spacial score (nSPS) is 19.3. The lowest BCUT2D eigenvalue weighted by atomic mass is 10.1. The van der Waals surface area contributed by atoms with Crippen LogP contribution < -0.4 is 4.74 Å². The number of benzene rings is 1. The molecular weight excluding hydrogens is 390 g/mol. The number of rotatable bonds is 9. The van der Waals surface area contributed by atoms with Crippen LogP contribution in [-0.2, 0) is 11.3 Å². The maximum Gasteiger partial charge on any atom is 0.254 e. The van der Waals surface area contributed by atoms with E-state index in [2.05, 4.69) is 22.0 Å². The predicted octanol–water partition coefficient (Wildman–Crippen LogP) is 3.77. The third-order valence-electron chi connectivity index (χ3n) is 6.08. The minimum absolute atomic E-state index is 0.0137. The van der Waals surface area contributed by atoms with Crippen molar-refractivity contribution >= 4 is 5.91 Å². The molecule has 6 nitrogen and oxygen atoms in total. The third-order valence-corrected chi connectivity index (χ3v) is 6.08. The van der Waals surface area contributed by atoms with Gasteiger partial charge in [0.25, 0.3) is 5.91 Å². The van der Waals surface area contributed by atoms with Gasteiger partial charge in [-0.15, -0.1) is 0 Å². The molecule has 166 valence electrons. The monoisotopic (exact) mass is 423 g/mol. The van der Waals surface area contributed by atoms with Crippen LogP contribution in [0, 0.1) is 0 Å². The molecule has 0 radical (unpaired) electrons. The number of carbonyl (C=O) groups is 1. The van der Waals surface area contributed by atoms with Gasteiger partial charge in [0.05, 0.1) is 6.10 Å². The number of hydrogen-bond donors (Lipinski definition) is 0. The Morgan fingerprint density at radius 1 is 1.06 bits per heavy atom. The zero-order valence-electron chi connectivity index (χ0n) is 18.2. The number of ether oxygens (including phenoxy) is 2. The smallest absolute Gasteiger partial charge is 0.254 e. The average Bonchev–Trinajstić information content (AvgIpc) is 3.34. The van der Waals surface area contributed by atoms with Gasteiger partial charge in [0.15, 0.2) is 0 Å². The number of aromatic nitrogens is 1. The summed E-state index contributed by atoms with van der Waals surface area (Å²) in [4.78, 5) is 21.5. The molecule has 4 rings (SSSR count). The fourth-order valence-corrected chi connectivity index (χ4v) is 4.32. The van der Waals surface area contributed by atoms with Crippen LogP contribution in [0.25, 0.3) is 0 Å². The van der Waals surface area contributed by atoms with E-state index in [1.165, 1.54) is 32.4 Å². The van der Waals surface area contributed by atoms with Gasteiger partial charge < -0.3 is 14.4 Å². The Kier molecular flexibility index (Phi) is 7.91. The SMILES string of the molecule is O=C(c1ccncc1)N(Cc1ccc(OCCN2CCCCC2)cc1)CC1CCCO1. The molecule has 0 spiro atoms. The second-order valence-electron chi connectivity index (χ2n) is 8.45. The summed E-state index contributed by atoms with van der Waals surface area (Å²) < 4.78 is 11.7. The van der Waals surface area contributed by atoms with Crippen molar-refractivity contribution in [2.24, 2.45) is 0 Å². The van der Waals surface area contributed by atoms with Crippen LogP contribution in [0.3, 0.4) is 0 Å². The Morgan fingerprint density at radius 2 is 1.84 bits per heavy atom. The quantitative estimate of drug-likeness (QED) is 0.615. The van der Waals surface area contributed by atoms with Gasteiger partial charge in [0.2, 0.25) is 0 Å². The molecule has 0 saturated carbocycles. The molecule has 1 amide bonds. The van der Waals surface area contributed by atoms with Crippen molar-refractivity contribution in [2.45, 2.75) is 44.8 Å². The average molecular weight is 424 g/mol. The Hall–Kier alpha value is -2.44. The lowest BCUT2D eigenvalue weighted by molar-refractivity contribution is 0.0507. The highest BCUT2D eigenvalue weighted by Crippen LogP contribution is 2.19. The van der Waals surface area contributed by atoms with Crippen LogP contribution in [0.15, 0.2) is 48.8 Å². The Balaban J connectivity index is 1.33. The van der Waals surface area contributed by atoms with E-state index in [1.54, 1.807) is 24.5 Å². The summed E-state index contributed by atoms with van der Waals surface area (Å²) in [6.07, 6.45) is 9.45. The van der Waals surface area contributed by atoms with Crippen molar-refractivity contribution < 1.29 is 14.3 Å². The standard InChI is InChI=1S/C25H33N3O3/c29-25(22-10-12-26-13-11-22)28(20-24-5-4-17-30-24)19-21-6-8-23(9-7-21)31-18-16-27-14-2-1-3-15-27/h6-13,24H,1-5,14-20H2. The molecule has 2 saturated heterocycles. The van der Waals surface area contributed by atoms with Gasteiger partial charge >= 0.3 is 0 Å². The van der Waals surface area contributed by atoms with Crippen LogP contribution >= 0.6 is 0 Å². The maximum atomic E-state index is 13.1. The van der Waals surface area contributed by atoms with Crippen molar-refractivity contribution in [3.63, 3.8) is 0 Å². The number of amides is 1. The highest BCUT2D eigenvalue weighted by Gasteiger charge is 2.23. The highest BCUT2D eigenvalue weighted by molar-refractivity contribution is 5.94. The number of hydrogen-bond acceptors (Lipinski definition) is 5. The molecule has 0 N–H and O–H groups in total. The summed E-state index contributed by atoms with van der Waals surface area (Å²) in [6, 6.07) is 11.7. The van der Waals surface area contributed by atoms with E-state index in [9.17, 15) is 4.79 Å². The first-order chi connectivity index (χ1) is 15.3. The summed E-state index contributed by atoms with van der Waals surface area (Å²) in [6.45, 7) is 6.01. The number of piperidine rings is 1. The van der Waals surface area contributed by atoms with Gasteiger partial charge in [-0.3, -0.25) is 14.7 Å². The Bertz CT molecular complexity index is 801. The fraction of sp³-hybridized carbons (Fsp3) is 0.520. The van der Waals surface area contributed by atoms with Crippen molar-refractivity contribution in [3.05, 3.63) is 59.9 Å². The molecule has 0 bridgehead atoms. The van der Waals surface area contributed by atoms with E-state index < -0.39 is 0 Å². The molecule has 2 aromatic rings. The van der Waals surface area contributed by atoms with E-state index in [4.69, 9.17) is 9.47 Å². The highest BCUT2D eigenvalue weighted by atomic mass is 16.5. The van der Waals surface area contributed by atoms with Crippen molar-refractivity contribution in [1.29, 1.82) is 0 Å². The Labute approximate surface area is 185 Å². The van der Waals surface area contributed by atoms with E-state index in [-0.39, 0.29) is 12.0 Å². The molecule has 1 aromatic carbocycles. The van der Waals surface area contributed by atoms with Gasteiger partial charge in [0.1, 0.15) is 12.4 Å². The molecule has 31 heavy (non-hydrogen) atoms. The first-order valence-corrected chi connectivity index (χ1v) is 11.5. The molecule has 2 aliphatic rings. The maximum absolute atomic E-state index is 13.1. The molecule has 1 aromatic heterocycles. The Morgan fingerprint density at radius 3 is 2.55 bits per heavy atom. The molecule has 1 unspecified atom stereocenters. The summed E-state index contributed by atoms with van der Waals surface area (Å²) in [5.41, 5.74) is 1.74. The fourth-order valence-electron chi connectivity index (χ4n) is 4.32. The lowest BCUT2D eigenvalue weighted by Crippen LogP contribution is -2.37. The van der Waals surface area contributed by atoms with Crippen molar-refractivity contribution in [2.75, 3.05) is 39.4 Å². The summed E-state index contributed by atoms with van der Waals surface area (Å²) in [7, 11) is 0. The number of likely N-dealkylation sites (tertiary alicyclic amines) is 1. The van der Waals surface area contributed by atoms with Crippen LogP contribution in [0.5, 0.6) is 5.75 Å². The number of pyridine rings is 1. The zero-order chi connectivity index (χ0) is 21.3. The molecular formula is C25H33N3O3. The lowest BCUT2D eigenvalue weighted by Gasteiger charge is -2.26. The van der Waals surface area contributed by atoms with Crippen LogP contribution in [0.1, 0.15) is 48.0 Å². The summed E-state index contributed by atoms with van der Waals surface area (Å²) in [5, 5.41) is 0. The topological polar surface area (TPSA) is 54.9 Å². The second kappa shape index (κ2) is 11.3. The van der Waals surface area contributed by atoms with Crippen molar-refractivity contribution in [3.8, 4) is 5.75 Å². The molecule has 0 aliphatic carbocycles. The zero-order valence-corrected chi connectivity index (χ0v) is 18.2. The third kappa shape index (κ3) is 6.52. The number of carbonyl (C=O) groups excluding carboxylic acids is 1. The molecule has 2 fully saturated rings. The van der Waals surface area contributed by atoms with Crippen LogP contribution in [0.4, 0.5) is 0 Å². The van der Waals surface area contributed by atoms with Crippen molar-refractivity contribution in [1.82, 2.24) is 14.8 Å². The summed E-state index contributed by atoms with van der Waals surface area (Å²) >= 11 is 0.